The Morgan fingerprint density at radius 3 is 2.50 bits per heavy atom. The average Bonchev–Trinajstić information content (AvgIpc) is 2.13. The lowest BCUT2D eigenvalue weighted by atomic mass is 10.2. The first-order valence-electron chi connectivity index (χ1n) is 4.68. The van der Waals surface area contributed by atoms with Gasteiger partial charge in [-0.15, -0.1) is 0 Å². The van der Waals surface area contributed by atoms with Gasteiger partial charge in [-0.05, 0) is 27.7 Å². The lowest BCUT2D eigenvalue weighted by Gasteiger charge is -2.12. The number of rotatable bonds is 3. The molecule has 0 radical (unpaired) electrons. The van der Waals surface area contributed by atoms with Crippen LogP contribution in [0.3, 0.4) is 0 Å². The van der Waals surface area contributed by atoms with Crippen molar-refractivity contribution in [2.75, 3.05) is 6.61 Å². The summed E-state index contributed by atoms with van der Waals surface area (Å²) in [5, 5.41) is 0.513. The third-order valence-corrected chi connectivity index (χ3v) is 2.50. The maximum atomic E-state index is 5.96. The van der Waals surface area contributed by atoms with Crippen LogP contribution in [0.25, 0.3) is 0 Å². The molecular weight excluding hydrogens is 200 g/mol. The van der Waals surface area contributed by atoms with Gasteiger partial charge < -0.3 is 4.74 Å². The summed E-state index contributed by atoms with van der Waals surface area (Å²) >= 11 is 5.96. The molecule has 1 heterocycles. The molecule has 0 amide bonds. The van der Waals surface area contributed by atoms with Crippen molar-refractivity contribution >= 4 is 11.6 Å². The van der Waals surface area contributed by atoms with Crippen LogP contribution in [0, 0.1) is 13.8 Å². The van der Waals surface area contributed by atoms with E-state index in [1.165, 1.54) is 0 Å². The maximum Gasteiger partial charge on any atom is 0.158 e. The molecule has 0 N–H and O–H groups in total. The molecule has 0 aliphatic heterocycles. The second kappa shape index (κ2) is 4.71. The quantitative estimate of drug-likeness (QED) is 0.726. The van der Waals surface area contributed by atoms with Crippen molar-refractivity contribution in [3.05, 3.63) is 22.2 Å². The molecule has 0 aliphatic carbocycles. The normalized spacial score (nSPS) is 12.9. The summed E-state index contributed by atoms with van der Waals surface area (Å²) in [5.41, 5.74) is 1.84. The van der Waals surface area contributed by atoms with Gasteiger partial charge in [0.1, 0.15) is 11.3 Å². The van der Waals surface area contributed by atoms with Gasteiger partial charge in [-0.1, -0.05) is 11.6 Å². The Balaban J connectivity index is 3.00. The highest BCUT2D eigenvalue weighted by Crippen LogP contribution is 2.19. The second-order valence-electron chi connectivity index (χ2n) is 3.18. The largest absolute Gasteiger partial charge is 0.371 e. The fraction of sp³-hybridized carbons (Fsp3) is 0.600. The molecule has 0 saturated heterocycles. The van der Waals surface area contributed by atoms with Crippen LogP contribution in [0.1, 0.15) is 37.0 Å². The average molecular weight is 215 g/mol. The summed E-state index contributed by atoms with van der Waals surface area (Å²) in [5.74, 6) is 0.653. The monoisotopic (exact) mass is 214 g/mol. The molecule has 0 aromatic carbocycles. The van der Waals surface area contributed by atoms with Crippen LogP contribution in [0.4, 0.5) is 0 Å². The fourth-order valence-corrected chi connectivity index (χ4v) is 1.34. The summed E-state index contributed by atoms with van der Waals surface area (Å²) < 4.78 is 5.39. The van der Waals surface area contributed by atoms with E-state index in [9.17, 15) is 0 Å². The number of aromatic nitrogens is 2. The SMILES string of the molecule is CCOC(C)c1nc(C)c(C)c(Cl)n1. The van der Waals surface area contributed by atoms with Crippen LogP contribution in [-0.4, -0.2) is 16.6 Å². The summed E-state index contributed by atoms with van der Waals surface area (Å²) in [6.45, 7) is 8.34. The van der Waals surface area contributed by atoms with Crippen molar-refractivity contribution in [3.8, 4) is 0 Å². The summed E-state index contributed by atoms with van der Waals surface area (Å²) in [7, 11) is 0. The Kier molecular flexibility index (Phi) is 3.84. The molecule has 1 aromatic heterocycles. The molecule has 0 saturated carbocycles. The van der Waals surface area contributed by atoms with E-state index in [4.69, 9.17) is 16.3 Å². The van der Waals surface area contributed by atoms with E-state index in [1.807, 2.05) is 27.7 Å². The van der Waals surface area contributed by atoms with E-state index in [0.29, 0.717) is 17.6 Å². The predicted octanol–water partition coefficient (Wildman–Crippen LogP) is 2.84. The van der Waals surface area contributed by atoms with Crippen LogP contribution in [0.15, 0.2) is 0 Å². The molecule has 1 atom stereocenters. The Labute approximate surface area is 89.5 Å². The number of ether oxygens (including phenoxy) is 1. The van der Waals surface area contributed by atoms with Gasteiger partial charge in [0.15, 0.2) is 5.82 Å². The van der Waals surface area contributed by atoms with Gasteiger partial charge >= 0.3 is 0 Å². The van der Waals surface area contributed by atoms with Gasteiger partial charge in [0.05, 0.1) is 0 Å². The molecule has 0 aliphatic rings. The lowest BCUT2D eigenvalue weighted by molar-refractivity contribution is 0.0699. The molecule has 78 valence electrons. The van der Waals surface area contributed by atoms with E-state index in [0.717, 1.165) is 11.3 Å². The molecule has 14 heavy (non-hydrogen) atoms. The van der Waals surface area contributed by atoms with E-state index in [1.54, 1.807) is 0 Å². The van der Waals surface area contributed by atoms with Crippen LogP contribution in [-0.2, 0) is 4.74 Å². The van der Waals surface area contributed by atoms with Crippen LogP contribution in [0.2, 0.25) is 5.15 Å². The third-order valence-electron chi connectivity index (χ3n) is 2.13. The molecule has 1 unspecified atom stereocenters. The number of aryl methyl sites for hydroxylation is 1. The van der Waals surface area contributed by atoms with E-state index in [-0.39, 0.29) is 6.10 Å². The van der Waals surface area contributed by atoms with Crippen LogP contribution >= 0.6 is 11.6 Å². The molecule has 3 nitrogen and oxygen atoms in total. The zero-order valence-electron chi connectivity index (χ0n) is 8.97. The zero-order chi connectivity index (χ0) is 10.7. The topological polar surface area (TPSA) is 35.0 Å². The lowest BCUT2D eigenvalue weighted by Crippen LogP contribution is -2.07. The highest BCUT2D eigenvalue weighted by molar-refractivity contribution is 6.30. The number of hydrogen-bond acceptors (Lipinski definition) is 3. The van der Waals surface area contributed by atoms with Gasteiger partial charge in [0.2, 0.25) is 0 Å². The zero-order valence-corrected chi connectivity index (χ0v) is 9.72. The van der Waals surface area contributed by atoms with Gasteiger partial charge in [0, 0.05) is 17.9 Å². The smallest absolute Gasteiger partial charge is 0.158 e. The van der Waals surface area contributed by atoms with Gasteiger partial charge in [-0.2, -0.15) is 0 Å². The van der Waals surface area contributed by atoms with Crippen LogP contribution < -0.4 is 0 Å². The Morgan fingerprint density at radius 2 is 2.00 bits per heavy atom. The van der Waals surface area contributed by atoms with Gasteiger partial charge in [-0.3, -0.25) is 0 Å². The standard InChI is InChI=1S/C10H15ClN2O/c1-5-14-8(4)10-12-7(3)6(2)9(11)13-10/h8H,5H2,1-4H3. The van der Waals surface area contributed by atoms with Gasteiger partial charge in [0.25, 0.3) is 0 Å². The Bertz CT molecular complexity index is 305. The van der Waals surface area contributed by atoms with E-state index >= 15 is 0 Å². The first kappa shape index (κ1) is 11.4. The number of hydrogen-bond donors (Lipinski definition) is 0. The fourth-order valence-electron chi connectivity index (χ4n) is 1.12. The minimum absolute atomic E-state index is 0.100. The summed E-state index contributed by atoms with van der Waals surface area (Å²) in [6.07, 6.45) is -0.100. The molecule has 0 fully saturated rings. The molecule has 0 bridgehead atoms. The highest BCUT2D eigenvalue weighted by atomic mass is 35.5. The van der Waals surface area contributed by atoms with Crippen molar-refractivity contribution < 1.29 is 4.74 Å². The third kappa shape index (κ3) is 2.42. The van der Waals surface area contributed by atoms with Crippen LogP contribution in [0.5, 0.6) is 0 Å². The van der Waals surface area contributed by atoms with Crippen molar-refractivity contribution in [2.45, 2.75) is 33.8 Å². The van der Waals surface area contributed by atoms with E-state index in [2.05, 4.69) is 9.97 Å². The molecular formula is C10H15ClN2O. The van der Waals surface area contributed by atoms with E-state index < -0.39 is 0 Å². The number of halogens is 1. The molecule has 1 rings (SSSR count). The summed E-state index contributed by atoms with van der Waals surface area (Å²) in [6, 6.07) is 0. The summed E-state index contributed by atoms with van der Waals surface area (Å²) in [4.78, 5) is 8.51. The molecule has 4 heteroatoms. The first-order chi connectivity index (χ1) is 6.56. The predicted molar refractivity (Wildman–Crippen MR) is 56.6 cm³/mol. The Hall–Kier alpha value is -0.670. The van der Waals surface area contributed by atoms with Crippen molar-refractivity contribution in [1.82, 2.24) is 9.97 Å². The molecule has 1 aromatic rings. The Morgan fingerprint density at radius 1 is 1.36 bits per heavy atom. The van der Waals surface area contributed by atoms with Crippen molar-refractivity contribution in [3.63, 3.8) is 0 Å². The van der Waals surface area contributed by atoms with Crippen molar-refractivity contribution in [1.29, 1.82) is 0 Å². The minimum Gasteiger partial charge on any atom is -0.371 e. The van der Waals surface area contributed by atoms with Gasteiger partial charge in [-0.25, -0.2) is 9.97 Å². The molecule has 0 spiro atoms. The maximum absolute atomic E-state index is 5.96. The highest BCUT2D eigenvalue weighted by Gasteiger charge is 2.12. The first-order valence-corrected chi connectivity index (χ1v) is 5.06. The van der Waals surface area contributed by atoms with Crippen molar-refractivity contribution in [2.24, 2.45) is 0 Å². The minimum atomic E-state index is -0.100. The second-order valence-corrected chi connectivity index (χ2v) is 3.54. The number of nitrogens with zero attached hydrogens (tertiary/aromatic N) is 2.